The lowest BCUT2D eigenvalue weighted by atomic mass is 9.84. The van der Waals surface area contributed by atoms with Gasteiger partial charge in [0.2, 0.25) is 11.8 Å². The molecule has 2 aromatic heterocycles. The third-order valence-corrected chi connectivity index (χ3v) is 20.9. The lowest BCUT2D eigenvalue weighted by molar-refractivity contribution is -0.151. The van der Waals surface area contributed by atoms with Gasteiger partial charge in [0.25, 0.3) is 0 Å². The van der Waals surface area contributed by atoms with E-state index < -0.39 is 60.4 Å². The first-order chi connectivity index (χ1) is 44.6. The van der Waals surface area contributed by atoms with Crippen LogP contribution in [0.2, 0.25) is 0 Å². The number of nitrogens with two attached hydrogens (primary N) is 2. The molecule has 20 heteroatoms. The summed E-state index contributed by atoms with van der Waals surface area (Å²) < 4.78 is 26.2. The van der Waals surface area contributed by atoms with Crippen molar-refractivity contribution in [2.75, 3.05) is 14.2 Å². The number of nitrogens with one attached hydrogen (secondary N) is 2. The Morgan fingerprint density at radius 1 is 0.581 bits per heavy atom. The van der Waals surface area contributed by atoms with Gasteiger partial charge in [-0.2, -0.15) is 0 Å². The first-order valence-electron chi connectivity index (χ1n) is 34.0. The van der Waals surface area contributed by atoms with E-state index in [-0.39, 0.29) is 78.8 Å². The molecule has 2 saturated heterocycles. The average Bonchev–Trinajstić information content (AvgIpc) is 1.61. The summed E-state index contributed by atoms with van der Waals surface area (Å²) in [6, 6.07) is 15.1. The lowest BCUT2D eigenvalue weighted by Gasteiger charge is -2.37. The predicted octanol–water partition coefficient (Wildman–Crippen LogP) is 11.5. The molecule has 20 nitrogen and oxygen atoms in total. The van der Waals surface area contributed by atoms with Gasteiger partial charge in [0.15, 0.2) is 13.5 Å². The summed E-state index contributed by atoms with van der Waals surface area (Å²) >= 11 is 0. The van der Waals surface area contributed by atoms with Gasteiger partial charge in [-0.15, -0.1) is 0 Å². The number of rotatable bonds is 18. The second-order valence-electron chi connectivity index (χ2n) is 28.2. The predicted molar refractivity (Wildman–Crippen MR) is 356 cm³/mol. The molecule has 4 amide bonds. The molecule has 5 aromatic rings. The monoisotopic (exact) mass is 1270 g/mol. The maximum Gasteiger partial charge on any atom is 0.407 e. The number of benzene rings is 3. The number of imidazole rings is 2. The second kappa shape index (κ2) is 28.4. The van der Waals surface area contributed by atoms with E-state index in [0.29, 0.717) is 35.5 Å². The van der Waals surface area contributed by atoms with E-state index in [1.807, 2.05) is 86.5 Å². The maximum absolute atomic E-state index is 15.0. The zero-order valence-corrected chi connectivity index (χ0v) is 55.9. The molecule has 6 N–H and O–H groups in total. The van der Waals surface area contributed by atoms with Crippen LogP contribution in [0.5, 0.6) is 0 Å². The SMILES string of the molecule is COC(=O)NC(C(=O)N1C(c2nc3ccc(C4=CC5C=CC=C4CCc4ccc(c(-c6ccc7nc(C8CC9CCCCC9N8C(=O)C(NC(=O)OC)C(C)C)n(COC(=O)C(N)C(C)C)c7c6)c4)CC5)cc3n2COC(=O)C(N)C(C)C)CC2CCCCC21)C(C)C. The van der Waals surface area contributed by atoms with Crippen LogP contribution in [0.1, 0.15) is 173 Å². The van der Waals surface area contributed by atoms with Crippen LogP contribution in [0.3, 0.4) is 0 Å². The zero-order chi connectivity index (χ0) is 66.1. The van der Waals surface area contributed by atoms with Crippen LogP contribution in [0.15, 0.2) is 84.5 Å². The van der Waals surface area contributed by atoms with Crippen molar-refractivity contribution in [3.8, 4) is 11.1 Å². The van der Waals surface area contributed by atoms with E-state index in [0.717, 1.165) is 116 Å². The van der Waals surface area contributed by atoms with Crippen molar-refractivity contribution in [3.63, 3.8) is 0 Å². The van der Waals surface area contributed by atoms with Crippen molar-refractivity contribution in [3.05, 3.63) is 113 Å². The number of carbonyl (C=O) groups excluding carboxylic acids is 6. The molecule has 7 aliphatic rings. The molecule has 3 aromatic carbocycles. The average molecular weight is 1270 g/mol. The molecule has 11 unspecified atom stereocenters. The number of likely N-dealkylation sites (tertiary alicyclic amines) is 2. The van der Waals surface area contributed by atoms with Gasteiger partial charge in [0, 0.05) is 12.1 Å². The molecular weight excluding hydrogens is 1180 g/mol. The molecule has 0 radical (unpaired) electrons. The molecule has 5 aliphatic carbocycles. The van der Waals surface area contributed by atoms with Crippen molar-refractivity contribution < 1.29 is 47.7 Å². The highest BCUT2D eigenvalue weighted by Gasteiger charge is 2.51. The van der Waals surface area contributed by atoms with Crippen LogP contribution in [0.25, 0.3) is 38.8 Å². The third-order valence-electron chi connectivity index (χ3n) is 20.9. The second-order valence-corrected chi connectivity index (χ2v) is 28.2. The number of alkyl carbamates (subject to hydrolysis) is 2. The number of ether oxygens (including phenoxy) is 4. The molecule has 4 bridgehead atoms. The van der Waals surface area contributed by atoms with Gasteiger partial charge >= 0.3 is 24.1 Å². The Balaban J connectivity index is 0.941. The van der Waals surface area contributed by atoms with Gasteiger partial charge < -0.3 is 50.8 Å². The zero-order valence-electron chi connectivity index (χ0n) is 55.9. The van der Waals surface area contributed by atoms with Gasteiger partial charge in [0.05, 0.1) is 48.4 Å². The minimum Gasteiger partial charge on any atom is -0.453 e. The summed E-state index contributed by atoms with van der Waals surface area (Å²) in [5.41, 5.74) is 23.4. The highest BCUT2D eigenvalue weighted by Crippen LogP contribution is 2.50. The van der Waals surface area contributed by atoms with Crippen LogP contribution in [-0.2, 0) is 64.4 Å². The van der Waals surface area contributed by atoms with Gasteiger partial charge in [-0.25, -0.2) is 19.6 Å². The Labute approximate surface area is 546 Å². The lowest BCUT2D eigenvalue weighted by Crippen LogP contribution is -2.54. The number of methoxy groups -OCH3 is 2. The largest absolute Gasteiger partial charge is 0.453 e. The molecule has 2 saturated carbocycles. The van der Waals surface area contributed by atoms with Crippen LogP contribution in [0.4, 0.5) is 9.59 Å². The molecular formula is C73H96N10O10. The number of amides is 4. The summed E-state index contributed by atoms with van der Waals surface area (Å²) in [5.74, 6) is -0.427. The fraction of sp³-hybridized carbons (Fsp3) is 0.562. The number of allylic oxidation sites excluding steroid dienone is 6. The summed E-state index contributed by atoms with van der Waals surface area (Å²) in [6.45, 7) is 14.9. The molecule has 11 atom stereocenters. The van der Waals surface area contributed by atoms with Crippen LogP contribution in [0, 0.1) is 41.4 Å². The number of aryl methyl sites for hydroxylation is 2. The fourth-order valence-electron chi connectivity index (χ4n) is 15.5. The minimum atomic E-state index is -0.838. The van der Waals surface area contributed by atoms with Crippen molar-refractivity contribution in [1.82, 2.24) is 39.5 Å². The fourth-order valence-corrected chi connectivity index (χ4v) is 15.5. The topological polar surface area (TPSA) is 258 Å². The molecule has 12 rings (SSSR count). The number of hydrogen-bond acceptors (Lipinski definition) is 14. The van der Waals surface area contributed by atoms with E-state index in [4.69, 9.17) is 40.4 Å². The minimum absolute atomic E-state index is 0.0431. The maximum atomic E-state index is 15.0. The molecule has 4 heterocycles. The molecule has 498 valence electrons. The van der Waals surface area contributed by atoms with Gasteiger partial charge in [0.1, 0.15) is 35.8 Å². The Hall–Kier alpha value is -7.84. The van der Waals surface area contributed by atoms with Crippen LogP contribution >= 0.6 is 0 Å². The third kappa shape index (κ3) is 13.8. The number of aromatic nitrogens is 4. The number of hydrogen-bond donors (Lipinski definition) is 4. The smallest absolute Gasteiger partial charge is 0.407 e. The number of nitrogens with zero attached hydrogens (tertiary/aromatic N) is 6. The van der Waals surface area contributed by atoms with E-state index in [9.17, 15) is 19.2 Å². The molecule has 4 fully saturated rings. The normalized spacial score (nSPS) is 23.4. The van der Waals surface area contributed by atoms with Crippen molar-refractivity contribution in [1.29, 1.82) is 0 Å². The Morgan fingerprint density at radius 3 is 1.57 bits per heavy atom. The number of esters is 2. The van der Waals surface area contributed by atoms with Crippen LogP contribution < -0.4 is 22.1 Å². The van der Waals surface area contributed by atoms with Crippen molar-refractivity contribution >= 4 is 63.6 Å². The van der Waals surface area contributed by atoms with Crippen LogP contribution in [-0.4, -0.2) is 115 Å². The summed E-state index contributed by atoms with van der Waals surface area (Å²) in [5, 5.41) is 5.68. The highest BCUT2D eigenvalue weighted by atomic mass is 16.6. The summed E-state index contributed by atoms with van der Waals surface area (Å²) in [6.07, 6.45) is 19.8. The van der Waals surface area contributed by atoms with E-state index in [2.05, 4.69) is 77.4 Å². The highest BCUT2D eigenvalue weighted by molar-refractivity contribution is 5.90. The first-order valence-corrected chi connectivity index (χ1v) is 34.0. The van der Waals surface area contributed by atoms with Gasteiger partial charge in [-0.1, -0.05) is 136 Å². The number of carbonyl (C=O) groups is 6. The standard InChI is InChI=1S/C73H96N10O10/c1-40(2)62(74)70(86)92-38-80-58-34-48(28-30-54(58)76-66(80)60-36-50-17-11-13-20-56(50)82(60)68(84)64(42(5)6)78-72(88)90-9)52-32-44-16-15-19-46(52)25-23-45-24-27-47(26-22-44)53(33-45)49-29-31-55-59(35-49)81(39-93-71(87)63(75)41(3)4)67(77-55)61-37-51-18-12-14-21-57(51)83(61)69(85)65(43(7)8)79-73(89)91-10/h15-16,19,24,27-35,40-44,50-51,56-57,60-65H,11-14,17-18,20-23,25-26,36-39,74-75H2,1-10H3,(H,78,88)(H,79,89). The Morgan fingerprint density at radius 2 is 1.08 bits per heavy atom. The van der Waals surface area contributed by atoms with Crippen molar-refractivity contribution in [2.45, 2.75) is 207 Å². The molecule has 0 spiro atoms. The molecule has 2 aliphatic heterocycles. The molecule has 93 heavy (non-hydrogen) atoms. The van der Waals surface area contributed by atoms with E-state index in [1.165, 1.54) is 25.4 Å². The quantitative estimate of drug-likeness (QED) is 0.0470. The number of fused-ring (bicyclic) bond motifs is 8. The van der Waals surface area contributed by atoms with Crippen molar-refractivity contribution in [2.24, 2.45) is 52.9 Å². The Kier molecular flexibility index (Phi) is 20.3. The Bertz CT molecular complexity index is 3730. The summed E-state index contributed by atoms with van der Waals surface area (Å²) in [4.78, 5) is 97.4. The van der Waals surface area contributed by atoms with E-state index >= 15 is 9.59 Å². The first kappa shape index (κ1) is 66.6. The summed E-state index contributed by atoms with van der Waals surface area (Å²) in [7, 11) is 2.60. The van der Waals surface area contributed by atoms with Gasteiger partial charge in [-0.3, -0.25) is 28.3 Å². The van der Waals surface area contributed by atoms with E-state index in [1.54, 1.807) is 0 Å². The van der Waals surface area contributed by atoms with Gasteiger partial charge in [-0.05, 0) is 169 Å².